The van der Waals surface area contributed by atoms with E-state index < -0.39 is 0 Å². The van der Waals surface area contributed by atoms with Crippen LogP contribution in [0.2, 0.25) is 0 Å². The van der Waals surface area contributed by atoms with Gasteiger partial charge in [-0.3, -0.25) is 4.79 Å². The van der Waals surface area contributed by atoms with E-state index in [4.69, 9.17) is 10.5 Å². The summed E-state index contributed by atoms with van der Waals surface area (Å²) in [6.07, 6.45) is 8.94. The summed E-state index contributed by atoms with van der Waals surface area (Å²) in [5, 5.41) is 0. The van der Waals surface area contributed by atoms with E-state index in [0.29, 0.717) is 6.54 Å². The maximum Gasteiger partial charge on any atom is 0.313 e. The minimum atomic E-state index is -0.308. The number of hydrogen-bond donors (Lipinski definition) is 1. The molecule has 2 saturated carbocycles. The van der Waals surface area contributed by atoms with Crippen molar-refractivity contribution < 1.29 is 9.53 Å². The van der Waals surface area contributed by atoms with Crippen molar-refractivity contribution in [1.82, 2.24) is 0 Å². The van der Waals surface area contributed by atoms with E-state index in [1.54, 1.807) is 0 Å². The van der Waals surface area contributed by atoms with Crippen LogP contribution in [0.5, 0.6) is 0 Å². The molecule has 3 nitrogen and oxygen atoms in total. The Labute approximate surface area is 91.4 Å². The molecule has 0 heterocycles. The SMILES string of the molecule is NCC1(C(=O)OC2CCCCC2)CCC1. The van der Waals surface area contributed by atoms with Gasteiger partial charge in [0.15, 0.2) is 0 Å². The lowest BCUT2D eigenvalue weighted by atomic mass is 9.69. The topological polar surface area (TPSA) is 52.3 Å². The van der Waals surface area contributed by atoms with Crippen LogP contribution in [0.1, 0.15) is 51.4 Å². The summed E-state index contributed by atoms with van der Waals surface area (Å²) in [6.45, 7) is 0.457. The van der Waals surface area contributed by atoms with Crippen LogP contribution in [-0.2, 0) is 9.53 Å². The molecule has 3 heteroatoms. The maximum atomic E-state index is 11.9. The van der Waals surface area contributed by atoms with E-state index in [1.165, 1.54) is 19.3 Å². The zero-order valence-electron chi connectivity index (χ0n) is 9.34. The number of nitrogens with two attached hydrogens (primary N) is 1. The monoisotopic (exact) mass is 211 g/mol. The second kappa shape index (κ2) is 4.52. The van der Waals surface area contributed by atoms with Crippen LogP contribution in [0.3, 0.4) is 0 Å². The predicted octanol–water partition coefficient (Wildman–Crippen LogP) is 1.99. The smallest absolute Gasteiger partial charge is 0.313 e. The van der Waals surface area contributed by atoms with Crippen molar-refractivity contribution in [1.29, 1.82) is 0 Å². The Morgan fingerprint density at radius 3 is 2.33 bits per heavy atom. The molecule has 0 radical (unpaired) electrons. The Morgan fingerprint density at radius 1 is 1.20 bits per heavy atom. The molecule has 0 aromatic carbocycles. The third-order valence-electron chi connectivity index (χ3n) is 3.96. The first-order valence-corrected chi connectivity index (χ1v) is 6.18. The average Bonchev–Trinajstić information content (AvgIpc) is 2.18. The molecule has 2 fully saturated rings. The van der Waals surface area contributed by atoms with Crippen molar-refractivity contribution in [3.63, 3.8) is 0 Å². The summed E-state index contributed by atoms with van der Waals surface area (Å²) >= 11 is 0. The van der Waals surface area contributed by atoms with Crippen molar-refractivity contribution in [2.45, 2.75) is 57.5 Å². The maximum absolute atomic E-state index is 11.9. The normalized spacial score (nSPS) is 25.7. The number of carbonyl (C=O) groups is 1. The van der Waals surface area contributed by atoms with Gasteiger partial charge in [0.05, 0.1) is 5.41 Å². The van der Waals surface area contributed by atoms with Gasteiger partial charge in [-0.2, -0.15) is 0 Å². The van der Waals surface area contributed by atoms with Crippen molar-refractivity contribution >= 4 is 5.97 Å². The van der Waals surface area contributed by atoms with Crippen molar-refractivity contribution in [2.75, 3.05) is 6.54 Å². The fraction of sp³-hybridized carbons (Fsp3) is 0.917. The van der Waals surface area contributed by atoms with Crippen LogP contribution in [0.25, 0.3) is 0 Å². The van der Waals surface area contributed by atoms with Gasteiger partial charge in [-0.25, -0.2) is 0 Å². The lowest BCUT2D eigenvalue weighted by Crippen LogP contribution is -2.46. The third-order valence-corrected chi connectivity index (χ3v) is 3.96. The molecule has 2 N–H and O–H groups in total. The van der Waals surface area contributed by atoms with E-state index in [-0.39, 0.29) is 17.5 Å². The lowest BCUT2D eigenvalue weighted by molar-refractivity contribution is -0.167. The van der Waals surface area contributed by atoms with Gasteiger partial charge < -0.3 is 10.5 Å². The van der Waals surface area contributed by atoms with Crippen molar-refractivity contribution in [3.8, 4) is 0 Å². The number of rotatable bonds is 3. The standard InChI is InChI=1S/C12H21NO2/c13-9-12(7-4-8-12)11(14)15-10-5-2-1-3-6-10/h10H,1-9,13H2. The first kappa shape index (κ1) is 10.9. The van der Waals surface area contributed by atoms with Crippen LogP contribution in [-0.4, -0.2) is 18.6 Å². The summed E-state index contributed by atoms with van der Waals surface area (Å²) in [5.41, 5.74) is 5.37. The largest absolute Gasteiger partial charge is 0.462 e. The highest BCUT2D eigenvalue weighted by atomic mass is 16.5. The van der Waals surface area contributed by atoms with E-state index in [2.05, 4.69) is 0 Å². The van der Waals surface area contributed by atoms with Gasteiger partial charge in [-0.05, 0) is 38.5 Å². The van der Waals surface area contributed by atoms with Gasteiger partial charge in [-0.1, -0.05) is 12.8 Å². The number of ether oxygens (including phenoxy) is 1. The van der Waals surface area contributed by atoms with Crippen molar-refractivity contribution in [2.24, 2.45) is 11.1 Å². The Morgan fingerprint density at radius 2 is 1.87 bits per heavy atom. The average molecular weight is 211 g/mol. The molecule has 2 aliphatic rings. The van der Waals surface area contributed by atoms with Gasteiger partial charge in [-0.15, -0.1) is 0 Å². The minimum Gasteiger partial charge on any atom is -0.462 e. The van der Waals surface area contributed by atoms with Crippen LogP contribution >= 0.6 is 0 Å². The second-order valence-corrected chi connectivity index (χ2v) is 5.00. The summed E-state index contributed by atoms with van der Waals surface area (Å²) in [6, 6.07) is 0. The molecule has 0 atom stereocenters. The molecule has 15 heavy (non-hydrogen) atoms. The molecule has 0 amide bonds. The highest BCUT2D eigenvalue weighted by Gasteiger charge is 2.45. The van der Waals surface area contributed by atoms with Crippen LogP contribution < -0.4 is 5.73 Å². The number of esters is 1. The van der Waals surface area contributed by atoms with Crippen LogP contribution in [0.15, 0.2) is 0 Å². The van der Waals surface area contributed by atoms with Crippen LogP contribution in [0.4, 0.5) is 0 Å². The zero-order valence-corrected chi connectivity index (χ0v) is 9.34. The van der Waals surface area contributed by atoms with E-state index >= 15 is 0 Å². The minimum absolute atomic E-state index is 0.0249. The molecule has 86 valence electrons. The highest BCUT2D eigenvalue weighted by molar-refractivity contribution is 5.78. The first-order chi connectivity index (χ1) is 7.27. The molecule has 0 unspecified atom stereocenters. The predicted molar refractivity (Wildman–Crippen MR) is 58.3 cm³/mol. The third kappa shape index (κ3) is 2.17. The molecule has 0 bridgehead atoms. The molecular formula is C12H21NO2. The Hall–Kier alpha value is -0.570. The highest BCUT2D eigenvalue weighted by Crippen LogP contribution is 2.41. The molecule has 2 rings (SSSR count). The van der Waals surface area contributed by atoms with Gasteiger partial charge in [0.2, 0.25) is 0 Å². The number of carbonyl (C=O) groups excluding carboxylic acids is 1. The van der Waals surface area contributed by atoms with Gasteiger partial charge in [0.1, 0.15) is 6.10 Å². The molecule has 0 aromatic rings. The summed E-state index contributed by atoms with van der Waals surface area (Å²) in [4.78, 5) is 11.9. The fourth-order valence-corrected chi connectivity index (χ4v) is 2.55. The number of hydrogen-bond acceptors (Lipinski definition) is 3. The Kier molecular flexibility index (Phi) is 3.29. The Balaban J connectivity index is 1.85. The van der Waals surface area contributed by atoms with Gasteiger partial charge >= 0.3 is 5.97 Å². The van der Waals surface area contributed by atoms with Crippen molar-refractivity contribution in [3.05, 3.63) is 0 Å². The summed E-state index contributed by atoms with van der Waals surface area (Å²) in [5.74, 6) is -0.0249. The van der Waals surface area contributed by atoms with E-state index in [1.807, 2.05) is 0 Å². The molecule has 0 saturated heterocycles. The molecule has 0 aromatic heterocycles. The fourth-order valence-electron chi connectivity index (χ4n) is 2.55. The van der Waals surface area contributed by atoms with E-state index in [0.717, 1.165) is 32.1 Å². The summed E-state index contributed by atoms with van der Waals surface area (Å²) in [7, 11) is 0. The van der Waals surface area contributed by atoms with Gasteiger partial charge in [0, 0.05) is 6.54 Å². The molecule has 0 aliphatic heterocycles. The zero-order chi connectivity index (χ0) is 10.7. The molecule has 2 aliphatic carbocycles. The summed E-state index contributed by atoms with van der Waals surface area (Å²) < 4.78 is 5.57. The first-order valence-electron chi connectivity index (χ1n) is 6.18. The lowest BCUT2D eigenvalue weighted by Gasteiger charge is -2.39. The molecule has 0 spiro atoms. The molecular weight excluding hydrogens is 190 g/mol. The van der Waals surface area contributed by atoms with Gasteiger partial charge in [0.25, 0.3) is 0 Å². The van der Waals surface area contributed by atoms with Crippen LogP contribution in [0, 0.1) is 5.41 Å². The second-order valence-electron chi connectivity index (χ2n) is 5.00. The quantitative estimate of drug-likeness (QED) is 0.726. The Bertz CT molecular complexity index is 224. The van der Waals surface area contributed by atoms with E-state index in [9.17, 15) is 4.79 Å².